The second-order valence-electron chi connectivity index (χ2n) is 5.90. The van der Waals surface area contributed by atoms with Crippen LogP contribution in [0.3, 0.4) is 0 Å². The summed E-state index contributed by atoms with van der Waals surface area (Å²) in [5, 5.41) is 3.06. The van der Waals surface area contributed by atoms with Gasteiger partial charge in [-0.1, -0.05) is 0 Å². The lowest BCUT2D eigenvalue weighted by Crippen LogP contribution is -2.37. The molecule has 0 aliphatic carbocycles. The number of nitrogens with one attached hydrogen (secondary N) is 1. The average Bonchev–Trinajstić information content (AvgIpc) is 2.69. The van der Waals surface area contributed by atoms with Crippen LogP contribution in [0, 0.1) is 0 Å². The molecule has 1 aliphatic heterocycles. The molecule has 1 aromatic rings. The van der Waals surface area contributed by atoms with Crippen LogP contribution in [0.2, 0.25) is 0 Å². The number of methoxy groups -OCH3 is 2. The topological polar surface area (TPSA) is 90.6 Å². The molecule has 27 heavy (non-hydrogen) atoms. The molecule has 0 saturated carbocycles. The van der Waals surface area contributed by atoms with Crippen molar-refractivity contribution in [2.45, 2.75) is 6.42 Å². The maximum atomic E-state index is 5.87. The number of halogens is 1. The Balaban J connectivity index is 0.00000364. The number of hydrogen-bond acceptors (Lipinski definition) is 6. The molecular weight excluding hydrogens is 463 g/mol. The minimum Gasteiger partial charge on any atom is -0.496 e. The fourth-order valence-electron chi connectivity index (χ4n) is 2.59. The van der Waals surface area contributed by atoms with E-state index in [1.54, 1.807) is 20.3 Å². The van der Waals surface area contributed by atoms with Gasteiger partial charge in [0.15, 0.2) is 5.96 Å². The average molecular weight is 494 g/mol. The summed E-state index contributed by atoms with van der Waals surface area (Å²) in [6.45, 7) is 6.43. The zero-order chi connectivity index (χ0) is 18.6. The zero-order valence-electron chi connectivity index (χ0n) is 16.1. The number of ether oxygens (including phenoxy) is 4. The van der Waals surface area contributed by atoms with Crippen molar-refractivity contribution < 1.29 is 18.9 Å². The number of hydrogen-bond donors (Lipinski definition) is 2. The Morgan fingerprint density at radius 3 is 2.41 bits per heavy atom. The van der Waals surface area contributed by atoms with Gasteiger partial charge in [0.1, 0.15) is 23.9 Å². The molecular formula is C18H31IN4O4. The van der Waals surface area contributed by atoms with E-state index in [0.717, 1.165) is 39.3 Å². The summed E-state index contributed by atoms with van der Waals surface area (Å²) in [6, 6.07) is 5.42. The van der Waals surface area contributed by atoms with Gasteiger partial charge in [-0.15, -0.1) is 24.0 Å². The van der Waals surface area contributed by atoms with Gasteiger partial charge in [-0.25, -0.2) is 0 Å². The molecule has 1 fully saturated rings. The highest BCUT2D eigenvalue weighted by Gasteiger charge is 2.08. The van der Waals surface area contributed by atoms with E-state index in [4.69, 9.17) is 24.7 Å². The number of nitrogens with zero attached hydrogens (tertiary/aromatic N) is 2. The predicted molar refractivity (Wildman–Crippen MR) is 117 cm³/mol. The smallest absolute Gasteiger partial charge is 0.188 e. The predicted octanol–water partition coefficient (Wildman–Crippen LogP) is 1.33. The van der Waals surface area contributed by atoms with Crippen LogP contribution in [0.5, 0.6) is 17.2 Å². The van der Waals surface area contributed by atoms with Gasteiger partial charge in [0.05, 0.1) is 34.0 Å². The van der Waals surface area contributed by atoms with Gasteiger partial charge < -0.3 is 30.0 Å². The summed E-state index contributed by atoms with van der Waals surface area (Å²) in [5.74, 6) is 2.50. The van der Waals surface area contributed by atoms with E-state index >= 15 is 0 Å². The summed E-state index contributed by atoms with van der Waals surface area (Å²) in [6.07, 6.45) is 0.989. The molecule has 0 spiro atoms. The maximum absolute atomic E-state index is 5.87. The summed E-state index contributed by atoms with van der Waals surface area (Å²) < 4.78 is 21.5. The zero-order valence-corrected chi connectivity index (χ0v) is 18.4. The molecule has 2 rings (SSSR count). The highest BCUT2D eigenvalue weighted by Crippen LogP contribution is 2.27. The molecule has 1 aliphatic rings. The monoisotopic (exact) mass is 494 g/mol. The summed E-state index contributed by atoms with van der Waals surface area (Å²) in [7, 11) is 3.21. The molecule has 1 aromatic carbocycles. The van der Waals surface area contributed by atoms with Gasteiger partial charge in [-0.05, 0) is 6.42 Å². The van der Waals surface area contributed by atoms with Crippen molar-refractivity contribution in [3.8, 4) is 17.2 Å². The number of morpholine rings is 1. The standard InChI is InChI=1S/C18H30N4O4.HI/c1-23-15-12-16(24-2)14-17(13-15)26-9-5-21-18(19)20-4-3-6-22-7-10-25-11-8-22;/h12-14H,3-11H2,1-2H3,(H3,19,20,21);1H. The first-order valence-electron chi connectivity index (χ1n) is 8.91. The van der Waals surface area contributed by atoms with Crippen LogP contribution in [0.1, 0.15) is 6.42 Å². The highest BCUT2D eigenvalue weighted by atomic mass is 127. The first-order valence-corrected chi connectivity index (χ1v) is 8.91. The Morgan fingerprint density at radius 2 is 1.78 bits per heavy atom. The van der Waals surface area contributed by atoms with Crippen molar-refractivity contribution in [3.05, 3.63) is 18.2 Å². The van der Waals surface area contributed by atoms with Gasteiger partial charge in [0, 0.05) is 44.4 Å². The normalized spacial score (nSPS) is 15.0. The molecule has 0 aromatic heterocycles. The van der Waals surface area contributed by atoms with E-state index < -0.39 is 0 Å². The van der Waals surface area contributed by atoms with Crippen LogP contribution in [-0.2, 0) is 4.74 Å². The van der Waals surface area contributed by atoms with Gasteiger partial charge in [-0.2, -0.15) is 0 Å². The molecule has 0 unspecified atom stereocenters. The molecule has 9 heteroatoms. The van der Waals surface area contributed by atoms with Gasteiger partial charge in [0.25, 0.3) is 0 Å². The van der Waals surface area contributed by atoms with Crippen LogP contribution in [0.15, 0.2) is 23.2 Å². The van der Waals surface area contributed by atoms with E-state index in [1.807, 2.05) is 12.1 Å². The third-order valence-corrected chi connectivity index (χ3v) is 4.02. The molecule has 1 heterocycles. The number of benzene rings is 1. The van der Waals surface area contributed by atoms with E-state index in [0.29, 0.717) is 42.9 Å². The van der Waals surface area contributed by atoms with E-state index in [1.165, 1.54) is 0 Å². The van der Waals surface area contributed by atoms with Crippen molar-refractivity contribution in [3.63, 3.8) is 0 Å². The number of nitrogens with two attached hydrogens (primary N) is 1. The van der Waals surface area contributed by atoms with Crippen LogP contribution in [0.25, 0.3) is 0 Å². The molecule has 154 valence electrons. The van der Waals surface area contributed by atoms with Crippen LogP contribution in [-0.4, -0.2) is 77.6 Å². The van der Waals surface area contributed by atoms with Crippen molar-refractivity contribution >= 4 is 29.9 Å². The summed E-state index contributed by atoms with van der Waals surface area (Å²) in [4.78, 5) is 6.73. The first kappa shape index (κ1) is 23.6. The lowest BCUT2D eigenvalue weighted by molar-refractivity contribution is 0.0377. The van der Waals surface area contributed by atoms with Gasteiger partial charge in [-0.3, -0.25) is 9.89 Å². The number of guanidine groups is 1. The third kappa shape index (κ3) is 9.34. The van der Waals surface area contributed by atoms with Crippen LogP contribution < -0.4 is 25.3 Å². The SMILES string of the molecule is COc1cc(OC)cc(OCCNC(N)=NCCCN2CCOCC2)c1.I. The Labute approximate surface area is 178 Å². The summed E-state index contributed by atoms with van der Waals surface area (Å²) >= 11 is 0. The Morgan fingerprint density at radius 1 is 1.15 bits per heavy atom. The molecule has 0 atom stereocenters. The Hall–Kier alpha value is -1.46. The molecule has 3 N–H and O–H groups in total. The fourth-order valence-corrected chi connectivity index (χ4v) is 2.59. The maximum Gasteiger partial charge on any atom is 0.188 e. The van der Waals surface area contributed by atoms with E-state index in [2.05, 4.69) is 15.2 Å². The summed E-state index contributed by atoms with van der Waals surface area (Å²) in [5.41, 5.74) is 5.87. The minimum absolute atomic E-state index is 0. The van der Waals surface area contributed by atoms with E-state index in [-0.39, 0.29) is 24.0 Å². The second kappa shape index (κ2) is 13.7. The molecule has 0 radical (unpaired) electrons. The molecule has 0 bridgehead atoms. The van der Waals surface area contributed by atoms with Crippen molar-refractivity contribution in [2.75, 3.05) is 66.8 Å². The minimum atomic E-state index is 0. The Kier molecular flexibility index (Phi) is 11.9. The largest absolute Gasteiger partial charge is 0.496 e. The van der Waals surface area contributed by atoms with Crippen molar-refractivity contribution in [2.24, 2.45) is 10.7 Å². The second-order valence-corrected chi connectivity index (χ2v) is 5.90. The van der Waals surface area contributed by atoms with Crippen LogP contribution >= 0.6 is 24.0 Å². The quantitative estimate of drug-likeness (QED) is 0.220. The third-order valence-electron chi connectivity index (χ3n) is 4.02. The molecule has 0 amide bonds. The van der Waals surface area contributed by atoms with E-state index in [9.17, 15) is 0 Å². The van der Waals surface area contributed by atoms with Gasteiger partial charge >= 0.3 is 0 Å². The lowest BCUT2D eigenvalue weighted by atomic mass is 10.3. The fraction of sp³-hybridized carbons (Fsp3) is 0.611. The van der Waals surface area contributed by atoms with Crippen LogP contribution in [0.4, 0.5) is 0 Å². The van der Waals surface area contributed by atoms with Gasteiger partial charge in [0.2, 0.25) is 0 Å². The number of rotatable bonds is 10. The first-order chi connectivity index (χ1) is 12.7. The lowest BCUT2D eigenvalue weighted by Gasteiger charge is -2.26. The Bertz CT molecular complexity index is 546. The molecule has 1 saturated heterocycles. The van der Waals surface area contributed by atoms with Crippen molar-refractivity contribution in [1.82, 2.24) is 10.2 Å². The highest BCUT2D eigenvalue weighted by molar-refractivity contribution is 14.0. The molecule has 8 nitrogen and oxygen atoms in total. The number of aliphatic imine (C=N–C) groups is 1. The van der Waals surface area contributed by atoms with Crippen molar-refractivity contribution in [1.29, 1.82) is 0 Å².